The summed E-state index contributed by atoms with van der Waals surface area (Å²) in [6, 6.07) is 5.54. The fourth-order valence-corrected chi connectivity index (χ4v) is 3.82. The monoisotopic (exact) mass is 439 g/mol. The maximum absolute atomic E-state index is 12.0. The lowest BCUT2D eigenvalue weighted by Gasteiger charge is -2.23. The molecule has 1 aromatic carbocycles. The SMILES string of the molecule is CC(C)(CCBr)CNC(=O)c1cc(Br)cc(Br)c1. The van der Waals surface area contributed by atoms with Gasteiger partial charge in [-0.15, -0.1) is 0 Å². The minimum Gasteiger partial charge on any atom is -0.352 e. The molecule has 0 unspecified atom stereocenters. The van der Waals surface area contributed by atoms with Crippen molar-refractivity contribution in [2.45, 2.75) is 20.3 Å². The van der Waals surface area contributed by atoms with Crippen LogP contribution in [0.2, 0.25) is 0 Å². The van der Waals surface area contributed by atoms with E-state index in [1.165, 1.54) is 0 Å². The second-order valence-corrected chi connectivity index (χ2v) is 7.57. The Morgan fingerprint density at radius 1 is 1.22 bits per heavy atom. The first kappa shape index (κ1) is 16.2. The van der Waals surface area contributed by atoms with E-state index in [4.69, 9.17) is 0 Å². The van der Waals surface area contributed by atoms with Crippen molar-refractivity contribution in [2.24, 2.45) is 5.41 Å². The van der Waals surface area contributed by atoms with E-state index in [-0.39, 0.29) is 11.3 Å². The molecular formula is C13H16Br3NO. The number of hydrogen-bond donors (Lipinski definition) is 1. The van der Waals surface area contributed by atoms with Crippen molar-refractivity contribution in [2.75, 3.05) is 11.9 Å². The lowest BCUT2D eigenvalue weighted by molar-refractivity contribution is 0.0936. The highest BCUT2D eigenvalue weighted by Crippen LogP contribution is 2.22. The van der Waals surface area contributed by atoms with Crippen LogP contribution in [-0.2, 0) is 0 Å². The van der Waals surface area contributed by atoms with E-state index in [0.29, 0.717) is 12.1 Å². The summed E-state index contributed by atoms with van der Waals surface area (Å²) in [6.07, 6.45) is 1.02. The number of hydrogen-bond acceptors (Lipinski definition) is 1. The molecule has 0 aliphatic rings. The van der Waals surface area contributed by atoms with Crippen LogP contribution in [0.15, 0.2) is 27.1 Å². The Kier molecular flexibility index (Phi) is 6.35. The number of halogens is 3. The highest BCUT2D eigenvalue weighted by molar-refractivity contribution is 9.11. The number of nitrogens with one attached hydrogen (secondary N) is 1. The summed E-state index contributed by atoms with van der Waals surface area (Å²) in [5.41, 5.74) is 0.758. The molecule has 0 atom stereocenters. The third kappa shape index (κ3) is 5.41. The van der Waals surface area contributed by atoms with Gasteiger partial charge in [-0.2, -0.15) is 0 Å². The van der Waals surface area contributed by atoms with Gasteiger partial charge in [0, 0.05) is 26.4 Å². The number of benzene rings is 1. The lowest BCUT2D eigenvalue weighted by Crippen LogP contribution is -2.34. The molecule has 0 aliphatic carbocycles. The minimum absolute atomic E-state index is 0.0420. The molecule has 0 saturated carbocycles. The van der Waals surface area contributed by atoms with E-state index in [2.05, 4.69) is 67.0 Å². The highest BCUT2D eigenvalue weighted by Gasteiger charge is 2.18. The summed E-state index contributed by atoms with van der Waals surface area (Å²) in [5.74, 6) is -0.0420. The molecule has 0 saturated heterocycles. The molecule has 0 aromatic heterocycles. The smallest absolute Gasteiger partial charge is 0.251 e. The Hall–Kier alpha value is 0.130. The first-order valence-corrected chi connectivity index (χ1v) is 8.35. The summed E-state index contributed by atoms with van der Waals surface area (Å²) >= 11 is 10.2. The van der Waals surface area contributed by atoms with Crippen molar-refractivity contribution in [3.05, 3.63) is 32.7 Å². The van der Waals surface area contributed by atoms with Crippen LogP contribution < -0.4 is 5.32 Å². The molecule has 1 aromatic rings. The first-order valence-electron chi connectivity index (χ1n) is 5.64. The standard InChI is InChI=1S/C13H16Br3NO/c1-13(2,3-4-14)8-17-12(18)9-5-10(15)7-11(16)6-9/h5-7H,3-4,8H2,1-2H3,(H,17,18). The molecule has 5 heteroatoms. The Balaban J connectivity index is 2.66. The van der Waals surface area contributed by atoms with E-state index in [1.807, 2.05) is 18.2 Å². The molecule has 2 nitrogen and oxygen atoms in total. The summed E-state index contributed by atoms with van der Waals surface area (Å²) in [5, 5.41) is 3.92. The minimum atomic E-state index is -0.0420. The van der Waals surface area contributed by atoms with Gasteiger partial charge in [-0.25, -0.2) is 0 Å². The number of alkyl halides is 1. The van der Waals surface area contributed by atoms with Crippen LogP contribution in [0.25, 0.3) is 0 Å². The van der Waals surface area contributed by atoms with E-state index in [1.54, 1.807) is 0 Å². The normalized spacial score (nSPS) is 11.4. The van der Waals surface area contributed by atoms with Crippen LogP contribution in [0.1, 0.15) is 30.6 Å². The maximum atomic E-state index is 12.0. The predicted molar refractivity (Wildman–Crippen MR) is 86.4 cm³/mol. The lowest BCUT2D eigenvalue weighted by atomic mass is 9.90. The van der Waals surface area contributed by atoms with Crippen LogP contribution in [0.4, 0.5) is 0 Å². The molecule has 100 valence electrons. The van der Waals surface area contributed by atoms with Gasteiger partial charge in [0.2, 0.25) is 0 Å². The largest absolute Gasteiger partial charge is 0.352 e. The second-order valence-electron chi connectivity index (χ2n) is 4.94. The molecule has 1 rings (SSSR count). The zero-order chi connectivity index (χ0) is 13.8. The molecule has 0 bridgehead atoms. The van der Waals surface area contributed by atoms with Gasteiger partial charge in [-0.1, -0.05) is 61.6 Å². The third-order valence-electron chi connectivity index (χ3n) is 2.62. The van der Waals surface area contributed by atoms with Crippen LogP contribution in [0.3, 0.4) is 0 Å². The summed E-state index contributed by atoms with van der Waals surface area (Å²) < 4.78 is 1.78. The van der Waals surface area contributed by atoms with Gasteiger partial charge in [-0.05, 0) is 30.0 Å². The molecule has 18 heavy (non-hydrogen) atoms. The molecule has 0 radical (unpaired) electrons. The summed E-state index contributed by atoms with van der Waals surface area (Å²) in [6.45, 7) is 4.96. The van der Waals surface area contributed by atoms with Crippen molar-refractivity contribution in [3.8, 4) is 0 Å². The Morgan fingerprint density at radius 3 is 2.28 bits per heavy atom. The number of carbonyl (C=O) groups is 1. The van der Waals surface area contributed by atoms with Crippen molar-refractivity contribution < 1.29 is 4.79 Å². The third-order valence-corrected chi connectivity index (χ3v) is 3.94. The van der Waals surface area contributed by atoms with Gasteiger partial charge >= 0.3 is 0 Å². The van der Waals surface area contributed by atoms with Crippen LogP contribution in [-0.4, -0.2) is 17.8 Å². The Labute approximate surface area is 133 Å². The van der Waals surface area contributed by atoms with Crippen LogP contribution >= 0.6 is 47.8 Å². The van der Waals surface area contributed by atoms with E-state index < -0.39 is 0 Å². The number of rotatable bonds is 5. The first-order chi connectivity index (χ1) is 8.34. The van der Waals surface area contributed by atoms with Gasteiger partial charge in [0.1, 0.15) is 0 Å². The molecule has 1 amide bonds. The Morgan fingerprint density at radius 2 is 1.78 bits per heavy atom. The summed E-state index contributed by atoms with van der Waals surface area (Å²) in [7, 11) is 0. The molecule has 0 heterocycles. The topological polar surface area (TPSA) is 29.1 Å². The van der Waals surface area contributed by atoms with Gasteiger partial charge in [0.15, 0.2) is 0 Å². The number of amides is 1. The van der Waals surface area contributed by atoms with Crippen LogP contribution in [0, 0.1) is 5.41 Å². The fourth-order valence-electron chi connectivity index (χ4n) is 1.45. The maximum Gasteiger partial charge on any atom is 0.251 e. The van der Waals surface area contributed by atoms with Gasteiger partial charge in [0.25, 0.3) is 5.91 Å². The molecule has 1 N–H and O–H groups in total. The van der Waals surface area contributed by atoms with Crippen molar-refractivity contribution in [1.29, 1.82) is 0 Å². The van der Waals surface area contributed by atoms with E-state index >= 15 is 0 Å². The number of carbonyl (C=O) groups excluding carboxylic acids is 1. The van der Waals surface area contributed by atoms with E-state index in [9.17, 15) is 4.79 Å². The zero-order valence-corrected chi connectivity index (χ0v) is 15.2. The molecule has 0 spiro atoms. The predicted octanol–water partition coefficient (Wildman–Crippen LogP) is 4.75. The molecular weight excluding hydrogens is 426 g/mol. The molecule has 0 aliphatic heterocycles. The van der Waals surface area contributed by atoms with Gasteiger partial charge in [0.05, 0.1) is 0 Å². The second kappa shape index (κ2) is 7.06. The highest BCUT2D eigenvalue weighted by atomic mass is 79.9. The Bertz CT molecular complexity index is 412. The zero-order valence-electron chi connectivity index (χ0n) is 10.4. The van der Waals surface area contributed by atoms with E-state index in [0.717, 1.165) is 20.7 Å². The average Bonchev–Trinajstić information content (AvgIpc) is 2.24. The van der Waals surface area contributed by atoms with Crippen LogP contribution in [0.5, 0.6) is 0 Å². The quantitative estimate of drug-likeness (QED) is 0.656. The average molecular weight is 442 g/mol. The van der Waals surface area contributed by atoms with Gasteiger partial charge < -0.3 is 5.32 Å². The van der Waals surface area contributed by atoms with Crippen molar-refractivity contribution in [1.82, 2.24) is 5.32 Å². The summed E-state index contributed by atoms with van der Waals surface area (Å²) in [4.78, 5) is 12.0. The van der Waals surface area contributed by atoms with Gasteiger partial charge in [-0.3, -0.25) is 4.79 Å². The van der Waals surface area contributed by atoms with Crippen molar-refractivity contribution >= 4 is 53.7 Å². The van der Waals surface area contributed by atoms with Crippen molar-refractivity contribution in [3.63, 3.8) is 0 Å². The molecule has 0 fully saturated rings. The fraction of sp³-hybridized carbons (Fsp3) is 0.462.